The Morgan fingerprint density at radius 1 is 1.20 bits per heavy atom. The second-order valence-corrected chi connectivity index (χ2v) is 9.15. The molecule has 1 fully saturated rings. The van der Waals surface area contributed by atoms with Crippen LogP contribution in [0.25, 0.3) is 6.08 Å². The van der Waals surface area contributed by atoms with E-state index >= 15 is 0 Å². The molecule has 2 aromatic rings. The number of hydrogen-bond acceptors (Lipinski definition) is 8. The molecule has 182 valence electrons. The van der Waals surface area contributed by atoms with Crippen LogP contribution in [0.3, 0.4) is 0 Å². The molecule has 0 saturated carbocycles. The lowest BCUT2D eigenvalue weighted by Gasteiger charge is -2.19. The molecular weight excluding hydrogens is 536 g/mol. The predicted octanol–water partition coefficient (Wildman–Crippen LogP) is 5.29. The molecular formula is C25H23BrN2O6S. The normalized spacial score (nSPS) is 15.2. The highest BCUT2D eigenvalue weighted by Gasteiger charge is 2.41. The summed E-state index contributed by atoms with van der Waals surface area (Å²) in [6, 6.07) is 11.7. The van der Waals surface area contributed by atoms with E-state index in [0.717, 1.165) is 22.2 Å². The minimum Gasteiger partial charge on any atom is -0.490 e. The first kappa shape index (κ1) is 26.3. The van der Waals surface area contributed by atoms with E-state index < -0.39 is 23.2 Å². The van der Waals surface area contributed by atoms with Crippen LogP contribution in [0.15, 0.2) is 45.8 Å². The van der Waals surface area contributed by atoms with E-state index in [-0.39, 0.29) is 18.1 Å². The quantitative estimate of drug-likeness (QED) is 0.302. The average molecular weight is 559 g/mol. The Kier molecular flexibility index (Phi) is 8.95. The lowest BCUT2D eigenvalue weighted by molar-refractivity contribution is -0.150. The standard InChI is InChI=1S/C25H23BrN2O6S/c1-4-32-20-11-16(10-19(26)22(20)34-14-18-9-7-6-8-17(18)13-27)12-21-23(29)28(25(31)35-21)15(3)24(30)33-5-2/h6-12,15H,4-5,14H2,1-3H3/b21-12+/t15-/m0/s1. The first-order chi connectivity index (χ1) is 16.8. The Hall–Kier alpha value is -3.29. The third kappa shape index (κ3) is 6.05. The molecule has 0 aliphatic carbocycles. The number of ether oxygens (including phenoxy) is 3. The molecule has 0 bridgehead atoms. The zero-order valence-electron chi connectivity index (χ0n) is 19.4. The van der Waals surface area contributed by atoms with Gasteiger partial charge in [-0.15, -0.1) is 0 Å². The number of nitrogens with zero attached hydrogens (tertiary/aromatic N) is 2. The van der Waals surface area contributed by atoms with Crippen molar-refractivity contribution < 1.29 is 28.6 Å². The number of nitriles is 1. The highest BCUT2D eigenvalue weighted by atomic mass is 79.9. The molecule has 2 amide bonds. The van der Waals surface area contributed by atoms with Gasteiger partial charge in [0, 0.05) is 5.56 Å². The Morgan fingerprint density at radius 3 is 2.63 bits per heavy atom. The predicted molar refractivity (Wildman–Crippen MR) is 135 cm³/mol. The Labute approximate surface area is 216 Å². The lowest BCUT2D eigenvalue weighted by Crippen LogP contribution is -2.42. The molecule has 3 rings (SSSR count). The van der Waals surface area contributed by atoms with Gasteiger partial charge in [0.15, 0.2) is 11.5 Å². The second-order valence-electron chi connectivity index (χ2n) is 7.30. The van der Waals surface area contributed by atoms with E-state index in [1.54, 1.807) is 37.3 Å². The van der Waals surface area contributed by atoms with Crippen molar-refractivity contribution in [3.05, 3.63) is 62.5 Å². The topological polar surface area (TPSA) is 106 Å². The molecule has 0 spiro atoms. The highest BCUT2D eigenvalue weighted by Crippen LogP contribution is 2.40. The zero-order chi connectivity index (χ0) is 25.5. The summed E-state index contributed by atoms with van der Waals surface area (Å²) in [5.41, 5.74) is 1.85. The molecule has 1 heterocycles. The summed E-state index contributed by atoms with van der Waals surface area (Å²) >= 11 is 4.25. The van der Waals surface area contributed by atoms with E-state index in [9.17, 15) is 19.6 Å². The maximum atomic E-state index is 12.9. The van der Waals surface area contributed by atoms with Gasteiger partial charge < -0.3 is 14.2 Å². The summed E-state index contributed by atoms with van der Waals surface area (Å²) in [5.74, 6) is -0.331. The van der Waals surface area contributed by atoms with Crippen LogP contribution >= 0.6 is 27.7 Å². The third-order valence-electron chi connectivity index (χ3n) is 4.98. The number of imide groups is 1. The summed E-state index contributed by atoms with van der Waals surface area (Å²) in [7, 11) is 0. The van der Waals surface area contributed by atoms with Crippen LogP contribution in [0.5, 0.6) is 11.5 Å². The first-order valence-corrected chi connectivity index (χ1v) is 12.4. The van der Waals surface area contributed by atoms with Crippen LogP contribution in [-0.2, 0) is 20.9 Å². The summed E-state index contributed by atoms with van der Waals surface area (Å²) < 4.78 is 17.2. The van der Waals surface area contributed by atoms with Gasteiger partial charge in [0.2, 0.25) is 0 Å². The minimum absolute atomic E-state index is 0.153. The van der Waals surface area contributed by atoms with Crippen LogP contribution in [0.1, 0.15) is 37.5 Å². The van der Waals surface area contributed by atoms with Gasteiger partial charge in [-0.25, -0.2) is 4.79 Å². The number of benzene rings is 2. The molecule has 2 aromatic carbocycles. The van der Waals surface area contributed by atoms with Crippen LogP contribution in [0, 0.1) is 11.3 Å². The second kappa shape index (κ2) is 11.9. The molecule has 1 aliphatic rings. The van der Waals surface area contributed by atoms with Crippen molar-refractivity contribution >= 4 is 50.9 Å². The van der Waals surface area contributed by atoms with Gasteiger partial charge in [0.25, 0.3) is 11.1 Å². The molecule has 0 aromatic heterocycles. The van der Waals surface area contributed by atoms with Crippen LogP contribution in [0.4, 0.5) is 4.79 Å². The molecule has 0 radical (unpaired) electrons. The number of amides is 2. The van der Waals surface area contributed by atoms with Gasteiger partial charge in [-0.05, 0) is 78.3 Å². The number of esters is 1. The smallest absolute Gasteiger partial charge is 0.329 e. The van der Waals surface area contributed by atoms with Gasteiger partial charge in [-0.2, -0.15) is 5.26 Å². The van der Waals surface area contributed by atoms with Crippen molar-refractivity contribution in [2.75, 3.05) is 13.2 Å². The number of carbonyl (C=O) groups excluding carboxylic acids is 3. The van der Waals surface area contributed by atoms with E-state index in [1.807, 2.05) is 19.1 Å². The van der Waals surface area contributed by atoms with Crippen molar-refractivity contribution in [3.63, 3.8) is 0 Å². The van der Waals surface area contributed by atoms with Crippen LogP contribution in [0.2, 0.25) is 0 Å². The molecule has 1 aliphatic heterocycles. The summed E-state index contributed by atoms with van der Waals surface area (Å²) in [4.78, 5) is 38.4. The Balaban J connectivity index is 1.87. The Bertz CT molecular complexity index is 1220. The van der Waals surface area contributed by atoms with E-state index in [1.165, 1.54) is 6.92 Å². The van der Waals surface area contributed by atoms with E-state index in [2.05, 4.69) is 22.0 Å². The van der Waals surface area contributed by atoms with Gasteiger partial charge in [0.05, 0.1) is 34.2 Å². The zero-order valence-corrected chi connectivity index (χ0v) is 21.8. The number of thioether (sulfide) groups is 1. The van der Waals surface area contributed by atoms with E-state index in [4.69, 9.17) is 14.2 Å². The molecule has 1 saturated heterocycles. The third-order valence-corrected chi connectivity index (χ3v) is 6.45. The number of rotatable bonds is 9. The SMILES string of the molecule is CCOC(=O)[C@H](C)N1C(=O)S/C(=C/c2cc(Br)c(OCc3ccccc3C#N)c(OCC)c2)C1=O. The number of carbonyl (C=O) groups is 3. The molecule has 35 heavy (non-hydrogen) atoms. The fourth-order valence-corrected chi connectivity index (χ4v) is 4.80. The maximum Gasteiger partial charge on any atom is 0.329 e. The Morgan fingerprint density at radius 2 is 1.94 bits per heavy atom. The van der Waals surface area contributed by atoms with Gasteiger partial charge >= 0.3 is 5.97 Å². The monoisotopic (exact) mass is 558 g/mol. The van der Waals surface area contributed by atoms with Gasteiger partial charge in [0.1, 0.15) is 12.6 Å². The van der Waals surface area contributed by atoms with Gasteiger partial charge in [-0.3, -0.25) is 14.5 Å². The number of halogens is 1. The largest absolute Gasteiger partial charge is 0.490 e. The lowest BCUT2D eigenvalue weighted by atomic mass is 10.1. The van der Waals surface area contributed by atoms with Crippen molar-refractivity contribution in [3.8, 4) is 17.6 Å². The number of hydrogen-bond donors (Lipinski definition) is 0. The highest BCUT2D eigenvalue weighted by molar-refractivity contribution is 9.10. The summed E-state index contributed by atoms with van der Waals surface area (Å²) in [5, 5.41) is 8.76. The van der Waals surface area contributed by atoms with Gasteiger partial charge in [-0.1, -0.05) is 18.2 Å². The fraction of sp³-hybridized carbons (Fsp3) is 0.280. The molecule has 0 N–H and O–H groups in total. The first-order valence-electron chi connectivity index (χ1n) is 10.8. The molecule has 8 nitrogen and oxygen atoms in total. The van der Waals surface area contributed by atoms with Crippen molar-refractivity contribution in [1.82, 2.24) is 4.90 Å². The molecule has 0 unspecified atom stereocenters. The minimum atomic E-state index is -1.02. The molecule has 1 atom stereocenters. The van der Waals surface area contributed by atoms with Crippen molar-refractivity contribution in [2.24, 2.45) is 0 Å². The van der Waals surface area contributed by atoms with Crippen molar-refractivity contribution in [1.29, 1.82) is 5.26 Å². The summed E-state index contributed by atoms with van der Waals surface area (Å²) in [6.45, 7) is 5.62. The van der Waals surface area contributed by atoms with Crippen LogP contribution < -0.4 is 9.47 Å². The van der Waals surface area contributed by atoms with Crippen molar-refractivity contribution in [2.45, 2.75) is 33.4 Å². The summed E-state index contributed by atoms with van der Waals surface area (Å²) in [6.07, 6.45) is 1.56. The average Bonchev–Trinajstić information content (AvgIpc) is 3.11. The van der Waals surface area contributed by atoms with E-state index in [0.29, 0.717) is 33.7 Å². The van der Waals surface area contributed by atoms with Crippen LogP contribution in [-0.4, -0.2) is 41.3 Å². The molecule has 10 heteroatoms. The fourth-order valence-electron chi connectivity index (χ4n) is 3.31. The maximum absolute atomic E-state index is 12.9.